The lowest BCUT2D eigenvalue weighted by Gasteiger charge is -2.28. The highest BCUT2D eigenvalue weighted by atomic mass is 32.2. The quantitative estimate of drug-likeness (QED) is 0.602. The van der Waals surface area contributed by atoms with Crippen LogP contribution in [0.5, 0.6) is 0 Å². The van der Waals surface area contributed by atoms with Gasteiger partial charge in [0, 0.05) is 12.6 Å². The van der Waals surface area contributed by atoms with Crippen molar-refractivity contribution in [2.45, 2.75) is 52.0 Å². The summed E-state index contributed by atoms with van der Waals surface area (Å²) in [6, 6.07) is -0.0376. The van der Waals surface area contributed by atoms with Gasteiger partial charge in [-0.2, -0.15) is 11.8 Å². The molecule has 122 valence electrons. The number of carboxylic acid groups (broad SMARTS) is 1. The van der Waals surface area contributed by atoms with E-state index in [9.17, 15) is 14.7 Å². The second kappa shape index (κ2) is 9.92. The van der Waals surface area contributed by atoms with E-state index in [1.54, 1.807) is 0 Å². The Labute approximate surface area is 131 Å². The van der Waals surface area contributed by atoms with E-state index in [4.69, 9.17) is 0 Å². The molecule has 5 nitrogen and oxygen atoms in total. The van der Waals surface area contributed by atoms with Gasteiger partial charge >= 0.3 is 12.0 Å². The van der Waals surface area contributed by atoms with Crippen molar-refractivity contribution in [3.05, 3.63) is 0 Å². The fourth-order valence-electron chi connectivity index (χ4n) is 2.75. The summed E-state index contributed by atoms with van der Waals surface area (Å²) >= 11 is 1.87. The lowest BCUT2D eigenvalue weighted by Crippen LogP contribution is -2.44. The van der Waals surface area contributed by atoms with Gasteiger partial charge in [-0.3, -0.25) is 4.79 Å². The van der Waals surface area contributed by atoms with Gasteiger partial charge in [-0.1, -0.05) is 19.8 Å². The largest absolute Gasteiger partial charge is 0.481 e. The van der Waals surface area contributed by atoms with Crippen molar-refractivity contribution in [1.29, 1.82) is 0 Å². The molecule has 1 fully saturated rings. The summed E-state index contributed by atoms with van der Waals surface area (Å²) in [5.41, 5.74) is 0. The normalized spacial score (nSPS) is 23.3. The third-order valence-corrected chi connectivity index (χ3v) is 4.96. The van der Waals surface area contributed by atoms with Crippen LogP contribution in [0.2, 0.25) is 0 Å². The number of carbonyl (C=O) groups is 2. The summed E-state index contributed by atoms with van der Waals surface area (Å²) in [4.78, 5) is 23.0. The summed E-state index contributed by atoms with van der Waals surface area (Å²) in [5.74, 6) is 1.16. The molecule has 1 aliphatic rings. The fourth-order valence-corrected chi connectivity index (χ4v) is 3.56. The molecule has 1 rings (SSSR count). The predicted octanol–water partition coefficient (Wildman–Crippen LogP) is 2.71. The summed E-state index contributed by atoms with van der Waals surface area (Å²) < 4.78 is 0. The minimum Gasteiger partial charge on any atom is -0.481 e. The van der Waals surface area contributed by atoms with Gasteiger partial charge in [0.1, 0.15) is 0 Å². The summed E-state index contributed by atoms with van der Waals surface area (Å²) in [7, 11) is 0. The Hall–Kier alpha value is -0.910. The zero-order valence-corrected chi connectivity index (χ0v) is 13.9. The number of nitrogens with one attached hydrogen (secondary N) is 2. The van der Waals surface area contributed by atoms with E-state index < -0.39 is 5.97 Å². The maximum atomic E-state index is 11.8. The Morgan fingerprint density at radius 3 is 2.71 bits per heavy atom. The lowest BCUT2D eigenvalue weighted by atomic mass is 9.79. The monoisotopic (exact) mass is 316 g/mol. The molecule has 0 aliphatic heterocycles. The summed E-state index contributed by atoms with van der Waals surface area (Å²) in [6.07, 6.45) is 4.61. The summed E-state index contributed by atoms with van der Waals surface area (Å²) in [6.45, 7) is 4.58. The highest BCUT2D eigenvalue weighted by Crippen LogP contribution is 2.29. The topological polar surface area (TPSA) is 78.4 Å². The standard InChI is InChI=1S/C15H28N2O3S/c1-3-21-9-8-11(2)17-15(20)16-10-12-6-4-5-7-13(12)14(18)19/h11-13H,3-10H2,1-2H3,(H,18,19)(H2,16,17,20). The minimum absolute atomic E-state index is 0.0629. The van der Waals surface area contributed by atoms with Gasteiger partial charge in [-0.05, 0) is 43.6 Å². The second-order valence-electron chi connectivity index (χ2n) is 5.73. The number of carboxylic acids is 1. The lowest BCUT2D eigenvalue weighted by molar-refractivity contribution is -0.144. The van der Waals surface area contributed by atoms with Crippen molar-refractivity contribution in [1.82, 2.24) is 10.6 Å². The van der Waals surface area contributed by atoms with E-state index in [1.165, 1.54) is 0 Å². The first-order valence-corrected chi connectivity index (χ1v) is 9.05. The van der Waals surface area contributed by atoms with Crippen LogP contribution >= 0.6 is 11.8 Å². The number of thioether (sulfide) groups is 1. The molecule has 3 unspecified atom stereocenters. The van der Waals surface area contributed by atoms with Gasteiger partial charge < -0.3 is 15.7 Å². The molecular formula is C15H28N2O3S. The van der Waals surface area contributed by atoms with E-state index in [0.29, 0.717) is 6.54 Å². The van der Waals surface area contributed by atoms with Gasteiger partial charge in [-0.25, -0.2) is 4.79 Å². The number of hydrogen-bond acceptors (Lipinski definition) is 3. The van der Waals surface area contributed by atoms with Crippen LogP contribution in [0.4, 0.5) is 4.79 Å². The predicted molar refractivity (Wildman–Crippen MR) is 86.7 cm³/mol. The molecule has 0 bridgehead atoms. The number of carbonyl (C=O) groups excluding carboxylic acids is 1. The van der Waals surface area contributed by atoms with Gasteiger partial charge in [0.25, 0.3) is 0 Å². The Bertz CT molecular complexity index is 339. The van der Waals surface area contributed by atoms with Crippen molar-refractivity contribution >= 4 is 23.8 Å². The Morgan fingerprint density at radius 1 is 1.33 bits per heavy atom. The van der Waals surface area contributed by atoms with Crippen LogP contribution in [-0.4, -0.2) is 41.2 Å². The van der Waals surface area contributed by atoms with Gasteiger partial charge in [-0.15, -0.1) is 0 Å². The van der Waals surface area contributed by atoms with Crippen molar-refractivity contribution in [2.24, 2.45) is 11.8 Å². The van der Waals surface area contributed by atoms with Crippen LogP contribution in [-0.2, 0) is 4.79 Å². The third kappa shape index (κ3) is 7.07. The first-order chi connectivity index (χ1) is 10.0. The number of aliphatic carboxylic acids is 1. The molecule has 0 aromatic carbocycles. The minimum atomic E-state index is -0.730. The molecule has 1 saturated carbocycles. The Balaban J connectivity index is 2.26. The van der Waals surface area contributed by atoms with E-state index >= 15 is 0 Å². The van der Waals surface area contributed by atoms with Crippen LogP contribution in [0.15, 0.2) is 0 Å². The molecule has 1 aliphatic carbocycles. The maximum absolute atomic E-state index is 11.8. The van der Waals surface area contributed by atoms with Crippen LogP contribution in [0.1, 0.15) is 46.0 Å². The second-order valence-corrected chi connectivity index (χ2v) is 7.12. The highest BCUT2D eigenvalue weighted by Gasteiger charge is 2.30. The maximum Gasteiger partial charge on any atom is 0.315 e. The molecular weight excluding hydrogens is 288 g/mol. The molecule has 3 N–H and O–H groups in total. The molecule has 0 aromatic rings. The molecule has 6 heteroatoms. The molecule has 0 spiro atoms. The average molecular weight is 316 g/mol. The fraction of sp³-hybridized carbons (Fsp3) is 0.867. The SMILES string of the molecule is CCSCCC(C)NC(=O)NCC1CCCCC1C(=O)O. The zero-order chi connectivity index (χ0) is 15.7. The number of hydrogen-bond donors (Lipinski definition) is 3. The van der Waals surface area contributed by atoms with Crippen LogP contribution < -0.4 is 10.6 Å². The third-order valence-electron chi connectivity index (χ3n) is 4.03. The van der Waals surface area contributed by atoms with Crippen molar-refractivity contribution in [3.8, 4) is 0 Å². The zero-order valence-electron chi connectivity index (χ0n) is 13.1. The van der Waals surface area contributed by atoms with Crippen LogP contribution in [0.25, 0.3) is 0 Å². The van der Waals surface area contributed by atoms with E-state index in [1.807, 2.05) is 18.7 Å². The molecule has 0 heterocycles. The van der Waals surface area contributed by atoms with Crippen LogP contribution in [0, 0.1) is 11.8 Å². The number of amides is 2. The van der Waals surface area contributed by atoms with Crippen molar-refractivity contribution in [2.75, 3.05) is 18.1 Å². The molecule has 21 heavy (non-hydrogen) atoms. The van der Waals surface area contributed by atoms with Gasteiger partial charge in [0.05, 0.1) is 5.92 Å². The molecule has 0 saturated heterocycles. The average Bonchev–Trinajstić information content (AvgIpc) is 2.45. The first-order valence-electron chi connectivity index (χ1n) is 7.89. The smallest absolute Gasteiger partial charge is 0.315 e. The molecule has 0 aromatic heterocycles. The Morgan fingerprint density at radius 2 is 2.05 bits per heavy atom. The highest BCUT2D eigenvalue weighted by molar-refractivity contribution is 7.99. The van der Waals surface area contributed by atoms with Gasteiger partial charge in [0.15, 0.2) is 0 Å². The van der Waals surface area contributed by atoms with Gasteiger partial charge in [0.2, 0.25) is 0 Å². The summed E-state index contributed by atoms with van der Waals surface area (Å²) in [5, 5.41) is 15.0. The number of urea groups is 1. The number of rotatable bonds is 8. The van der Waals surface area contributed by atoms with Crippen LogP contribution in [0.3, 0.4) is 0 Å². The van der Waals surface area contributed by atoms with Crippen molar-refractivity contribution in [3.63, 3.8) is 0 Å². The molecule has 0 radical (unpaired) electrons. The van der Waals surface area contributed by atoms with Crippen molar-refractivity contribution < 1.29 is 14.7 Å². The Kier molecular flexibility index (Phi) is 8.57. The molecule has 2 amide bonds. The van der Waals surface area contributed by atoms with E-state index in [2.05, 4.69) is 17.6 Å². The first kappa shape index (κ1) is 18.1. The molecule has 3 atom stereocenters. The van der Waals surface area contributed by atoms with E-state index in [-0.39, 0.29) is 23.9 Å². The van der Waals surface area contributed by atoms with E-state index in [0.717, 1.165) is 43.6 Å².